The zero-order valence-corrected chi connectivity index (χ0v) is 13.9. The molecule has 0 unspecified atom stereocenters. The van der Waals surface area contributed by atoms with Gasteiger partial charge < -0.3 is 9.51 Å². The standard InChI is InChI=1S/C17H12F2N4OS/c1-9-2-4-10(5-3-9)16-22-15(24-23-16)8-25-17-20-13-6-11(18)12(19)7-14(13)21-17/h2-7H,8H2,1H3,(H,20,21). The Morgan fingerprint density at radius 3 is 2.64 bits per heavy atom. The Kier molecular flexibility index (Phi) is 3.96. The van der Waals surface area contributed by atoms with Crippen molar-refractivity contribution < 1.29 is 13.3 Å². The lowest BCUT2D eigenvalue weighted by molar-refractivity contribution is 0.391. The van der Waals surface area contributed by atoms with Gasteiger partial charge in [-0.3, -0.25) is 0 Å². The van der Waals surface area contributed by atoms with E-state index in [1.54, 1.807) is 0 Å². The monoisotopic (exact) mass is 358 g/mol. The molecule has 0 bridgehead atoms. The van der Waals surface area contributed by atoms with Crippen molar-refractivity contribution in [2.45, 2.75) is 17.8 Å². The second-order valence-electron chi connectivity index (χ2n) is 5.49. The molecule has 0 fully saturated rings. The SMILES string of the molecule is Cc1ccc(-c2noc(CSc3nc4cc(F)c(F)cc4[nH]3)n2)cc1. The van der Waals surface area contributed by atoms with Crippen LogP contribution in [-0.4, -0.2) is 20.1 Å². The Hall–Kier alpha value is -2.74. The minimum absolute atomic E-state index is 0.368. The topological polar surface area (TPSA) is 67.6 Å². The third-order valence-corrected chi connectivity index (χ3v) is 4.47. The predicted molar refractivity (Wildman–Crippen MR) is 90.0 cm³/mol. The van der Waals surface area contributed by atoms with Crippen molar-refractivity contribution in [3.05, 3.63) is 59.5 Å². The number of nitrogens with zero attached hydrogens (tertiary/aromatic N) is 3. The number of thioether (sulfide) groups is 1. The first kappa shape index (κ1) is 15.8. The van der Waals surface area contributed by atoms with E-state index in [1.807, 2.05) is 31.2 Å². The van der Waals surface area contributed by atoms with Crippen LogP contribution >= 0.6 is 11.8 Å². The molecule has 2 heterocycles. The van der Waals surface area contributed by atoms with Crippen molar-refractivity contribution in [1.82, 2.24) is 20.1 Å². The van der Waals surface area contributed by atoms with Crippen molar-refractivity contribution in [2.24, 2.45) is 0 Å². The van der Waals surface area contributed by atoms with E-state index in [1.165, 1.54) is 11.8 Å². The normalized spacial score (nSPS) is 11.3. The Bertz CT molecular complexity index is 1000. The molecule has 0 amide bonds. The summed E-state index contributed by atoms with van der Waals surface area (Å²) in [6.45, 7) is 2.01. The summed E-state index contributed by atoms with van der Waals surface area (Å²) in [5.41, 5.74) is 2.83. The van der Waals surface area contributed by atoms with Gasteiger partial charge in [-0.05, 0) is 6.92 Å². The summed E-state index contributed by atoms with van der Waals surface area (Å²) in [6.07, 6.45) is 0. The van der Waals surface area contributed by atoms with Crippen LogP contribution in [0.2, 0.25) is 0 Å². The molecule has 0 atom stereocenters. The van der Waals surface area contributed by atoms with E-state index in [9.17, 15) is 8.78 Å². The van der Waals surface area contributed by atoms with Crippen LogP contribution in [-0.2, 0) is 5.75 Å². The molecular formula is C17H12F2N4OS. The molecule has 0 spiro atoms. The number of hydrogen-bond acceptors (Lipinski definition) is 5. The predicted octanol–water partition coefficient (Wildman–Crippen LogP) is 4.49. The maximum Gasteiger partial charge on any atom is 0.237 e. The van der Waals surface area contributed by atoms with Crippen LogP contribution < -0.4 is 0 Å². The minimum atomic E-state index is -0.921. The fourth-order valence-electron chi connectivity index (χ4n) is 2.31. The smallest absolute Gasteiger partial charge is 0.237 e. The van der Waals surface area contributed by atoms with Crippen LogP contribution in [0, 0.1) is 18.6 Å². The first-order valence-corrected chi connectivity index (χ1v) is 8.44. The first-order chi connectivity index (χ1) is 12.1. The first-order valence-electron chi connectivity index (χ1n) is 7.46. The highest BCUT2D eigenvalue weighted by Crippen LogP contribution is 2.25. The van der Waals surface area contributed by atoms with Crippen LogP contribution in [0.3, 0.4) is 0 Å². The molecule has 0 saturated carbocycles. The number of aryl methyl sites for hydroxylation is 1. The molecule has 2 aromatic carbocycles. The van der Waals surface area contributed by atoms with Gasteiger partial charge in [0.25, 0.3) is 0 Å². The van der Waals surface area contributed by atoms with E-state index in [0.717, 1.165) is 23.3 Å². The highest BCUT2D eigenvalue weighted by Gasteiger charge is 2.12. The quantitative estimate of drug-likeness (QED) is 0.544. The van der Waals surface area contributed by atoms with Gasteiger partial charge in [-0.1, -0.05) is 46.7 Å². The van der Waals surface area contributed by atoms with Crippen LogP contribution in [0.15, 0.2) is 46.1 Å². The van der Waals surface area contributed by atoms with E-state index in [-0.39, 0.29) is 0 Å². The van der Waals surface area contributed by atoms with Gasteiger partial charge >= 0.3 is 0 Å². The molecule has 8 heteroatoms. The van der Waals surface area contributed by atoms with Gasteiger partial charge in [-0.2, -0.15) is 4.98 Å². The Morgan fingerprint density at radius 2 is 1.84 bits per heavy atom. The molecule has 25 heavy (non-hydrogen) atoms. The average molecular weight is 358 g/mol. The van der Waals surface area contributed by atoms with E-state index in [4.69, 9.17) is 4.52 Å². The van der Waals surface area contributed by atoms with Crippen molar-refractivity contribution in [3.63, 3.8) is 0 Å². The summed E-state index contributed by atoms with van der Waals surface area (Å²) >= 11 is 1.31. The lowest BCUT2D eigenvalue weighted by atomic mass is 10.1. The summed E-state index contributed by atoms with van der Waals surface area (Å²) in [7, 11) is 0. The van der Waals surface area contributed by atoms with Crippen LogP contribution in [0.25, 0.3) is 22.4 Å². The number of halogens is 2. The van der Waals surface area contributed by atoms with E-state index in [0.29, 0.717) is 33.7 Å². The van der Waals surface area contributed by atoms with Gasteiger partial charge in [-0.25, -0.2) is 13.8 Å². The summed E-state index contributed by atoms with van der Waals surface area (Å²) in [5.74, 6) is -0.478. The van der Waals surface area contributed by atoms with Crippen LogP contribution in [0.4, 0.5) is 8.78 Å². The molecule has 4 aromatic rings. The number of hydrogen-bond donors (Lipinski definition) is 1. The highest BCUT2D eigenvalue weighted by atomic mass is 32.2. The molecule has 0 aliphatic carbocycles. The van der Waals surface area contributed by atoms with Crippen LogP contribution in [0.1, 0.15) is 11.5 Å². The van der Waals surface area contributed by atoms with Gasteiger partial charge in [0, 0.05) is 17.7 Å². The molecule has 1 N–H and O–H groups in total. The van der Waals surface area contributed by atoms with Crippen molar-refractivity contribution in [2.75, 3.05) is 0 Å². The lowest BCUT2D eigenvalue weighted by Crippen LogP contribution is -1.84. The fourth-order valence-corrected chi connectivity index (χ4v) is 3.04. The number of benzene rings is 2. The Labute approximate surface area is 145 Å². The molecular weight excluding hydrogens is 346 g/mol. The number of aromatic amines is 1. The molecule has 0 radical (unpaired) electrons. The molecule has 0 aliphatic heterocycles. The van der Waals surface area contributed by atoms with Gasteiger partial charge in [0.05, 0.1) is 16.8 Å². The number of rotatable bonds is 4. The molecule has 0 aliphatic rings. The number of fused-ring (bicyclic) bond motifs is 1. The van der Waals surface area contributed by atoms with Gasteiger partial charge in [0.15, 0.2) is 16.8 Å². The molecule has 126 valence electrons. The number of aromatic nitrogens is 4. The highest BCUT2D eigenvalue weighted by molar-refractivity contribution is 7.98. The second kappa shape index (κ2) is 6.29. The van der Waals surface area contributed by atoms with Gasteiger partial charge in [0.2, 0.25) is 11.7 Å². The Balaban J connectivity index is 1.49. The minimum Gasteiger partial charge on any atom is -0.338 e. The van der Waals surface area contributed by atoms with E-state index < -0.39 is 11.6 Å². The Morgan fingerprint density at radius 1 is 1.08 bits per heavy atom. The van der Waals surface area contributed by atoms with Gasteiger partial charge in [-0.15, -0.1) is 0 Å². The van der Waals surface area contributed by atoms with Crippen molar-refractivity contribution >= 4 is 22.8 Å². The molecule has 5 nitrogen and oxygen atoms in total. The van der Waals surface area contributed by atoms with E-state index >= 15 is 0 Å². The summed E-state index contributed by atoms with van der Waals surface area (Å²) in [4.78, 5) is 11.5. The van der Waals surface area contributed by atoms with Gasteiger partial charge in [0.1, 0.15) is 0 Å². The second-order valence-corrected chi connectivity index (χ2v) is 6.46. The van der Waals surface area contributed by atoms with Crippen LogP contribution in [0.5, 0.6) is 0 Å². The zero-order chi connectivity index (χ0) is 17.4. The molecule has 4 rings (SSSR count). The summed E-state index contributed by atoms with van der Waals surface area (Å²) < 4.78 is 31.7. The maximum absolute atomic E-state index is 13.2. The average Bonchev–Trinajstić information content (AvgIpc) is 3.21. The van der Waals surface area contributed by atoms with Crippen molar-refractivity contribution in [1.29, 1.82) is 0 Å². The molecule has 2 aromatic heterocycles. The summed E-state index contributed by atoms with van der Waals surface area (Å²) in [5, 5.41) is 4.49. The lowest BCUT2D eigenvalue weighted by Gasteiger charge is -1.94. The number of nitrogens with one attached hydrogen (secondary N) is 1. The van der Waals surface area contributed by atoms with E-state index in [2.05, 4.69) is 20.1 Å². The fraction of sp³-hybridized carbons (Fsp3) is 0.118. The maximum atomic E-state index is 13.2. The number of imidazole rings is 1. The third-order valence-electron chi connectivity index (χ3n) is 3.61. The molecule has 0 saturated heterocycles. The third kappa shape index (κ3) is 3.25. The largest absolute Gasteiger partial charge is 0.338 e. The zero-order valence-electron chi connectivity index (χ0n) is 13.1. The number of H-pyrrole nitrogens is 1. The van der Waals surface area contributed by atoms with Crippen molar-refractivity contribution in [3.8, 4) is 11.4 Å². The summed E-state index contributed by atoms with van der Waals surface area (Å²) in [6, 6.07) is 9.97.